The van der Waals surface area contributed by atoms with Gasteiger partial charge in [-0.25, -0.2) is 4.79 Å². The first kappa shape index (κ1) is 28.8. The average Bonchev–Trinajstić information content (AvgIpc) is 3.23. The predicted molar refractivity (Wildman–Crippen MR) is 130 cm³/mol. The third kappa shape index (κ3) is 8.61. The number of carboxylic acid groups (broad SMARTS) is 2. The van der Waals surface area contributed by atoms with Crippen molar-refractivity contribution in [2.75, 3.05) is 0 Å². The zero-order valence-corrected chi connectivity index (χ0v) is 20.0. The van der Waals surface area contributed by atoms with E-state index in [4.69, 9.17) is 11.5 Å². The van der Waals surface area contributed by atoms with E-state index in [0.29, 0.717) is 0 Å². The van der Waals surface area contributed by atoms with Gasteiger partial charge < -0.3 is 42.6 Å². The Kier molecular flexibility index (Phi) is 10.1. The van der Waals surface area contributed by atoms with Crippen molar-refractivity contribution in [2.24, 2.45) is 11.5 Å². The molecule has 14 heteroatoms. The van der Waals surface area contributed by atoms with Crippen molar-refractivity contribution in [3.8, 4) is 0 Å². The molecule has 0 saturated heterocycles. The SMILES string of the molecule is CC(NC(=O)C(CC(=O)O)NC(=O)C(N)Cc1c[nH]c2ccccc12)C(=O)NC(CCC(N)=O)C(=O)O. The van der Waals surface area contributed by atoms with Gasteiger partial charge in [0.1, 0.15) is 18.1 Å². The third-order valence-corrected chi connectivity index (χ3v) is 5.51. The van der Waals surface area contributed by atoms with Crippen molar-refractivity contribution in [2.45, 2.75) is 56.8 Å². The quantitative estimate of drug-likeness (QED) is 0.142. The van der Waals surface area contributed by atoms with Crippen molar-refractivity contribution < 1.29 is 39.0 Å². The monoisotopic (exact) mass is 518 g/mol. The first-order valence-corrected chi connectivity index (χ1v) is 11.3. The van der Waals surface area contributed by atoms with Gasteiger partial charge in [-0.2, -0.15) is 0 Å². The Balaban J connectivity index is 2.01. The number of primary amides is 1. The van der Waals surface area contributed by atoms with E-state index in [9.17, 15) is 39.0 Å². The number of nitrogens with two attached hydrogens (primary N) is 2. The molecule has 4 atom stereocenters. The molecule has 0 bridgehead atoms. The fourth-order valence-electron chi connectivity index (χ4n) is 3.51. The number of hydrogen-bond donors (Lipinski definition) is 8. The Morgan fingerprint density at radius 3 is 2.22 bits per heavy atom. The second-order valence-electron chi connectivity index (χ2n) is 8.46. The summed E-state index contributed by atoms with van der Waals surface area (Å²) in [5.74, 6) is -6.21. The van der Waals surface area contributed by atoms with Gasteiger partial charge >= 0.3 is 11.9 Å². The molecule has 0 aliphatic heterocycles. The van der Waals surface area contributed by atoms with Gasteiger partial charge in [0.25, 0.3) is 0 Å². The standard InChI is InChI=1S/C23H30N6O8/c1-11(20(33)28-16(23(36)37)6-7-18(25)30)27-22(35)17(9-19(31)32)29-21(34)14(24)8-12-10-26-15-5-3-2-4-13(12)15/h2-5,10-11,14,16-17,26H,6-9,24H2,1H3,(H2,25,30)(H,27,35)(H,28,33)(H,29,34)(H,31,32)(H,36,37). The molecule has 4 unspecified atom stereocenters. The molecular formula is C23H30N6O8. The number of aromatic nitrogens is 1. The molecule has 14 nitrogen and oxygen atoms in total. The molecule has 2 rings (SSSR count). The molecule has 1 aromatic carbocycles. The maximum Gasteiger partial charge on any atom is 0.326 e. The number of fused-ring (bicyclic) bond motifs is 1. The number of carbonyl (C=O) groups excluding carboxylic acids is 4. The maximum absolute atomic E-state index is 12.7. The Labute approximate surface area is 211 Å². The summed E-state index contributed by atoms with van der Waals surface area (Å²) >= 11 is 0. The summed E-state index contributed by atoms with van der Waals surface area (Å²) in [5.41, 5.74) is 12.6. The van der Waals surface area contributed by atoms with E-state index in [1.807, 2.05) is 24.3 Å². The first-order chi connectivity index (χ1) is 17.4. The molecular weight excluding hydrogens is 488 g/mol. The molecule has 0 saturated carbocycles. The van der Waals surface area contributed by atoms with Crippen LogP contribution < -0.4 is 27.4 Å². The molecule has 4 amide bonds. The largest absolute Gasteiger partial charge is 0.481 e. The second kappa shape index (κ2) is 13.0. The van der Waals surface area contributed by atoms with Crippen LogP contribution in [0.15, 0.2) is 30.5 Å². The van der Waals surface area contributed by atoms with E-state index >= 15 is 0 Å². The van der Waals surface area contributed by atoms with Crippen molar-refractivity contribution in [1.82, 2.24) is 20.9 Å². The molecule has 37 heavy (non-hydrogen) atoms. The molecule has 1 heterocycles. The number of rotatable bonds is 14. The lowest BCUT2D eigenvalue weighted by molar-refractivity contribution is -0.143. The lowest BCUT2D eigenvalue weighted by Gasteiger charge is -2.22. The summed E-state index contributed by atoms with van der Waals surface area (Å²) in [7, 11) is 0. The normalized spacial score (nSPS) is 14.1. The van der Waals surface area contributed by atoms with E-state index in [2.05, 4.69) is 20.9 Å². The third-order valence-electron chi connectivity index (χ3n) is 5.51. The number of aliphatic carboxylic acids is 2. The maximum atomic E-state index is 12.7. The minimum atomic E-state index is -1.56. The van der Waals surface area contributed by atoms with Gasteiger partial charge in [0.15, 0.2) is 0 Å². The number of nitrogens with one attached hydrogen (secondary N) is 4. The molecule has 2 aromatic rings. The summed E-state index contributed by atoms with van der Waals surface area (Å²) in [4.78, 5) is 74.3. The Hall–Kier alpha value is -4.46. The molecule has 1 aromatic heterocycles. The molecule has 200 valence electrons. The van der Waals surface area contributed by atoms with Gasteiger partial charge in [-0.05, 0) is 31.4 Å². The van der Waals surface area contributed by atoms with Crippen LogP contribution in [0, 0.1) is 0 Å². The summed E-state index contributed by atoms with van der Waals surface area (Å²) in [6.45, 7) is 1.24. The summed E-state index contributed by atoms with van der Waals surface area (Å²) in [5, 5.41) is 26.0. The van der Waals surface area contributed by atoms with Gasteiger partial charge in [0.05, 0.1) is 12.5 Å². The zero-order chi connectivity index (χ0) is 27.7. The summed E-state index contributed by atoms with van der Waals surface area (Å²) in [6.07, 6.45) is 0.472. The van der Waals surface area contributed by atoms with Gasteiger partial charge in [0.2, 0.25) is 23.6 Å². The lowest BCUT2D eigenvalue weighted by Crippen LogP contribution is -2.57. The van der Waals surface area contributed by atoms with Crippen LogP contribution in [-0.4, -0.2) is 74.9 Å². The van der Waals surface area contributed by atoms with Crippen molar-refractivity contribution >= 4 is 46.5 Å². The summed E-state index contributed by atoms with van der Waals surface area (Å²) in [6, 6.07) is 1.98. The zero-order valence-electron chi connectivity index (χ0n) is 20.0. The molecule has 0 radical (unpaired) electrons. The molecule has 0 aliphatic rings. The van der Waals surface area contributed by atoms with E-state index < -0.39 is 66.2 Å². The van der Waals surface area contributed by atoms with Crippen LogP contribution >= 0.6 is 0 Å². The van der Waals surface area contributed by atoms with E-state index in [1.54, 1.807) is 6.20 Å². The van der Waals surface area contributed by atoms with Crippen molar-refractivity contribution in [1.29, 1.82) is 0 Å². The van der Waals surface area contributed by atoms with Crippen LogP contribution in [0.4, 0.5) is 0 Å². The fourth-order valence-corrected chi connectivity index (χ4v) is 3.51. The molecule has 0 fully saturated rings. The number of carbonyl (C=O) groups is 6. The van der Waals surface area contributed by atoms with E-state index in [0.717, 1.165) is 16.5 Å². The predicted octanol–water partition coefficient (Wildman–Crippen LogP) is -1.66. The number of hydrogen-bond acceptors (Lipinski definition) is 7. The number of benzene rings is 1. The van der Waals surface area contributed by atoms with Crippen molar-refractivity contribution in [3.63, 3.8) is 0 Å². The Morgan fingerprint density at radius 1 is 0.946 bits per heavy atom. The van der Waals surface area contributed by atoms with Crippen LogP contribution in [0.3, 0.4) is 0 Å². The van der Waals surface area contributed by atoms with Crippen LogP contribution in [0.2, 0.25) is 0 Å². The average molecular weight is 519 g/mol. The number of amides is 4. The van der Waals surface area contributed by atoms with Crippen LogP contribution in [0.25, 0.3) is 10.9 Å². The second-order valence-corrected chi connectivity index (χ2v) is 8.46. The molecule has 10 N–H and O–H groups in total. The highest BCUT2D eigenvalue weighted by Crippen LogP contribution is 2.18. The first-order valence-electron chi connectivity index (χ1n) is 11.3. The molecule has 0 spiro atoms. The van der Waals surface area contributed by atoms with Crippen molar-refractivity contribution in [3.05, 3.63) is 36.0 Å². The van der Waals surface area contributed by atoms with E-state index in [-0.39, 0.29) is 19.3 Å². The van der Waals surface area contributed by atoms with E-state index in [1.165, 1.54) is 6.92 Å². The van der Waals surface area contributed by atoms with Crippen LogP contribution in [0.5, 0.6) is 0 Å². The minimum Gasteiger partial charge on any atom is -0.481 e. The number of aromatic amines is 1. The number of carboxylic acids is 2. The molecule has 0 aliphatic carbocycles. The highest BCUT2D eigenvalue weighted by Gasteiger charge is 2.30. The highest BCUT2D eigenvalue weighted by molar-refractivity contribution is 5.95. The highest BCUT2D eigenvalue weighted by atomic mass is 16.4. The topological polar surface area (TPSA) is 247 Å². The van der Waals surface area contributed by atoms with Gasteiger partial charge in [-0.1, -0.05) is 18.2 Å². The number of para-hydroxylation sites is 1. The van der Waals surface area contributed by atoms with Gasteiger partial charge in [0, 0.05) is 23.5 Å². The van der Waals surface area contributed by atoms with Crippen LogP contribution in [-0.2, 0) is 35.2 Å². The van der Waals surface area contributed by atoms with Gasteiger partial charge in [-0.3, -0.25) is 24.0 Å². The fraction of sp³-hybridized carbons (Fsp3) is 0.391. The minimum absolute atomic E-state index is 0.109. The van der Waals surface area contributed by atoms with Crippen LogP contribution in [0.1, 0.15) is 31.7 Å². The lowest BCUT2D eigenvalue weighted by atomic mass is 10.0. The van der Waals surface area contributed by atoms with Gasteiger partial charge in [-0.15, -0.1) is 0 Å². The number of H-pyrrole nitrogens is 1. The Bertz CT molecular complexity index is 1180. The summed E-state index contributed by atoms with van der Waals surface area (Å²) < 4.78 is 0. The smallest absolute Gasteiger partial charge is 0.326 e. The Morgan fingerprint density at radius 2 is 1.59 bits per heavy atom.